The standard InChI is InChI=1S/C10H10N4O3.C10H12N4O.C6H5ClN2O3.C4H6N2.Fe/c1-7-5-13(6-12-7)10-9(17-2)3-8(4-11-10)14(15)16;1-7-5-14(6-13-7)10-9(15-2)3-8(11)4-12-10;1-12-5-2-4(9(10)11)3-8-6(5)7;1-4-2-5-3-6-4;/h3-6H,1-2H3;3-6H,11H2,1-2H3;2-3H,1H3;2-3H,1H3,(H,5,6);. The molecule has 0 saturated heterocycles. The number of H-pyrrole nitrogens is 1. The summed E-state index contributed by atoms with van der Waals surface area (Å²) in [5.41, 5.74) is 8.80. The summed E-state index contributed by atoms with van der Waals surface area (Å²) in [4.78, 5) is 46.4. The Bertz CT molecular complexity index is 2020. The van der Waals surface area contributed by atoms with Crippen molar-refractivity contribution in [3.8, 4) is 28.9 Å². The van der Waals surface area contributed by atoms with Crippen LogP contribution >= 0.6 is 11.6 Å². The van der Waals surface area contributed by atoms with Crippen LogP contribution in [0.4, 0.5) is 17.1 Å². The van der Waals surface area contributed by atoms with Gasteiger partial charge in [-0.1, -0.05) is 11.6 Å². The van der Waals surface area contributed by atoms with Crippen molar-refractivity contribution in [2.24, 2.45) is 0 Å². The largest absolute Gasteiger partial charge is 0.493 e. The molecule has 6 heterocycles. The number of aryl methyl sites for hydroxylation is 3. The van der Waals surface area contributed by atoms with Crippen molar-refractivity contribution in [3.05, 3.63) is 117 Å². The molecule has 0 aromatic carbocycles. The van der Waals surface area contributed by atoms with Crippen LogP contribution in [0.2, 0.25) is 5.15 Å². The molecular formula is C30H33ClFeN12O7. The van der Waals surface area contributed by atoms with Crippen LogP contribution in [-0.2, 0) is 17.1 Å². The van der Waals surface area contributed by atoms with E-state index in [1.165, 1.54) is 32.5 Å². The number of nitrogens with two attached hydrogens (primary N) is 1. The van der Waals surface area contributed by atoms with Gasteiger partial charge in [-0.25, -0.2) is 29.9 Å². The SMILES string of the molecule is COc1cc(N)cnc1-n1cnc(C)c1.COc1cc([N+](=O)[O-])cnc1-n1cnc(C)c1.COc1cc([N+](=O)[O-])cnc1Cl.Cc1cnc[nH]1.[Fe]. The zero-order valence-corrected chi connectivity index (χ0v) is 29.9. The molecule has 6 aromatic rings. The molecule has 3 N–H and O–H groups in total. The molecule has 0 aliphatic carbocycles. The van der Waals surface area contributed by atoms with E-state index < -0.39 is 9.85 Å². The van der Waals surface area contributed by atoms with E-state index in [1.54, 1.807) is 59.9 Å². The predicted octanol–water partition coefficient (Wildman–Crippen LogP) is 5.03. The molecule has 0 fully saturated rings. The molecule has 6 rings (SSSR count). The molecule has 0 amide bonds. The van der Waals surface area contributed by atoms with E-state index >= 15 is 0 Å². The van der Waals surface area contributed by atoms with Crippen molar-refractivity contribution < 1.29 is 41.1 Å². The molecule has 0 aliphatic rings. The van der Waals surface area contributed by atoms with E-state index in [0.29, 0.717) is 28.8 Å². The Hall–Kier alpha value is -6.11. The second kappa shape index (κ2) is 19.8. The molecule has 270 valence electrons. The number of rotatable bonds is 7. The first-order valence-corrected chi connectivity index (χ1v) is 14.5. The average Bonchev–Trinajstić information content (AvgIpc) is 3.88. The Morgan fingerprint density at radius 2 is 1.20 bits per heavy atom. The van der Waals surface area contributed by atoms with E-state index in [1.807, 2.05) is 27.0 Å². The topological polar surface area (TPSA) is 243 Å². The van der Waals surface area contributed by atoms with E-state index in [-0.39, 0.29) is 39.3 Å². The third kappa shape index (κ3) is 12.1. The van der Waals surface area contributed by atoms with Gasteiger partial charge in [0.05, 0.1) is 72.9 Å². The van der Waals surface area contributed by atoms with E-state index in [9.17, 15) is 20.2 Å². The van der Waals surface area contributed by atoms with Crippen LogP contribution in [0.1, 0.15) is 17.1 Å². The number of imidazole rings is 3. The van der Waals surface area contributed by atoms with E-state index in [2.05, 4.69) is 34.9 Å². The van der Waals surface area contributed by atoms with Crippen LogP contribution in [0, 0.1) is 41.0 Å². The fraction of sp³-hybridized carbons (Fsp3) is 0.200. The Kier molecular flexibility index (Phi) is 15.9. The van der Waals surface area contributed by atoms with Gasteiger partial charge in [0, 0.05) is 47.4 Å². The fourth-order valence-electron chi connectivity index (χ4n) is 3.73. The number of nitrogens with zero attached hydrogens (tertiary/aromatic N) is 10. The van der Waals surface area contributed by atoms with Crippen LogP contribution < -0.4 is 19.9 Å². The van der Waals surface area contributed by atoms with Crippen molar-refractivity contribution in [2.45, 2.75) is 20.8 Å². The molecule has 0 aliphatic heterocycles. The maximum Gasteiger partial charge on any atom is 0.291 e. The fourth-order valence-corrected chi connectivity index (χ4v) is 3.91. The molecular weight excluding hydrogens is 732 g/mol. The molecule has 0 saturated carbocycles. The minimum Gasteiger partial charge on any atom is -0.493 e. The number of hydrogen-bond acceptors (Lipinski definition) is 14. The van der Waals surface area contributed by atoms with Gasteiger partial charge in [-0.2, -0.15) is 0 Å². The quantitative estimate of drug-likeness (QED) is 0.0938. The Labute approximate surface area is 306 Å². The molecule has 6 aromatic heterocycles. The Balaban J connectivity index is 0.000000245. The van der Waals surface area contributed by atoms with Crippen molar-refractivity contribution in [2.75, 3.05) is 27.1 Å². The van der Waals surface area contributed by atoms with Gasteiger partial charge in [0.1, 0.15) is 25.0 Å². The van der Waals surface area contributed by atoms with Gasteiger partial charge >= 0.3 is 0 Å². The maximum absolute atomic E-state index is 10.6. The number of nitrogens with one attached hydrogen (secondary N) is 1. The van der Waals surface area contributed by atoms with Crippen LogP contribution in [0.3, 0.4) is 0 Å². The van der Waals surface area contributed by atoms with E-state index in [4.69, 9.17) is 31.5 Å². The first-order chi connectivity index (χ1) is 23.9. The first-order valence-electron chi connectivity index (χ1n) is 14.2. The molecule has 19 nitrogen and oxygen atoms in total. The average molecular weight is 765 g/mol. The molecule has 0 unspecified atom stereocenters. The summed E-state index contributed by atoms with van der Waals surface area (Å²) in [6, 6.07) is 4.28. The van der Waals surface area contributed by atoms with E-state index in [0.717, 1.165) is 23.3 Å². The number of hydrogen-bond donors (Lipinski definition) is 2. The summed E-state index contributed by atoms with van der Waals surface area (Å²) in [5, 5.41) is 21.0. The van der Waals surface area contributed by atoms with Gasteiger partial charge < -0.3 is 24.9 Å². The number of nitro groups is 2. The Morgan fingerprint density at radius 3 is 1.59 bits per heavy atom. The molecule has 0 radical (unpaired) electrons. The summed E-state index contributed by atoms with van der Waals surface area (Å²) >= 11 is 5.54. The zero-order valence-electron chi connectivity index (χ0n) is 28.1. The number of nitrogen functional groups attached to an aromatic ring is 1. The van der Waals surface area contributed by atoms with Crippen LogP contribution in [0.25, 0.3) is 11.6 Å². The number of methoxy groups -OCH3 is 3. The number of halogens is 1. The predicted molar refractivity (Wildman–Crippen MR) is 182 cm³/mol. The molecule has 51 heavy (non-hydrogen) atoms. The smallest absolute Gasteiger partial charge is 0.291 e. The van der Waals surface area contributed by atoms with Gasteiger partial charge in [-0.15, -0.1) is 0 Å². The maximum atomic E-state index is 10.6. The molecule has 21 heteroatoms. The summed E-state index contributed by atoms with van der Waals surface area (Å²) in [7, 11) is 4.39. The number of ether oxygens (including phenoxy) is 3. The van der Waals surface area contributed by atoms with Crippen molar-refractivity contribution in [1.82, 2.24) is 44.0 Å². The van der Waals surface area contributed by atoms with Gasteiger partial charge in [0.2, 0.25) is 0 Å². The minimum atomic E-state index is -0.564. The zero-order chi connectivity index (χ0) is 36.8. The normalized spacial score (nSPS) is 9.71. The summed E-state index contributed by atoms with van der Waals surface area (Å²) in [6.07, 6.45) is 14.2. The Morgan fingerprint density at radius 1 is 0.725 bits per heavy atom. The van der Waals surface area contributed by atoms with Crippen molar-refractivity contribution in [1.29, 1.82) is 0 Å². The molecule has 0 spiro atoms. The van der Waals surface area contributed by atoms with Crippen molar-refractivity contribution in [3.63, 3.8) is 0 Å². The van der Waals surface area contributed by atoms with Gasteiger partial charge in [-0.05, 0) is 20.8 Å². The summed E-state index contributed by atoms with van der Waals surface area (Å²) < 4.78 is 18.5. The monoisotopic (exact) mass is 764 g/mol. The van der Waals surface area contributed by atoms with Gasteiger partial charge in [0.25, 0.3) is 11.4 Å². The minimum absolute atomic E-state index is 0. The first kappa shape index (κ1) is 41.1. The summed E-state index contributed by atoms with van der Waals surface area (Å²) in [6.45, 7) is 5.72. The third-order valence-corrected chi connectivity index (χ3v) is 6.38. The number of anilines is 1. The number of aromatic amines is 1. The molecule has 0 atom stereocenters. The van der Waals surface area contributed by atoms with Crippen LogP contribution in [0.15, 0.2) is 74.4 Å². The summed E-state index contributed by atoms with van der Waals surface area (Å²) in [5.74, 6) is 2.32. The van der Waals surface area contributed by atoms with Crippen molar-refractivity contribution >= 4 is 28.7 Å². The second-order valence-electron chi connectivity index (χ2n) is 9.79. The van der Waals surface area contributed by atoms with Gasteiger partial charge in [-0.3, -0.25) is 29.4 Å². The van der Waals surface area contributed by atoms with Gasteiger partial charge in [0.15, 0.2) is 34.0 Å². The third-order valence-electron chi connectivity index (χ3n) is 6.09. The van der Waals surface area contributed by atoms with Crippen LogP contribution in [-0.4, -0.2) is 75.2 Å². The number of pyridine rings is 3. The number of aromatic nitrogens is 9. The second-order valence-corrected chi connectivity index (χ2v) is 10.2. The van der Waals surface area contributed by atoms with Crippen LogP contribution in [0.5, 0.6) is 17.2 Å². The molecule has 0 bridgehead atoms.